The van der Waals surface area contributed by atoms with Crippen molar-refractivity contribution in [1.82, 2.24) is 0 Å². The van der Waals surface area contributed by atoms with Gasteiger partial charge in [0.2, 0.25) is 0 Å². The van der Waals surface area contributed by atoms with E-state index in [1.165, 1.54) is 0 Å². The summed E-state index contributed by atoms with van der Waals surface area (Å²) >= 11 is 0. The summed E-state index contributed by atoms with van der Waals surface area (Å²) < 4.78 is 11.2. The van der Waals surface area contributed by atoms with Gasteiger partial charge in [-0.05, 0) is 50.3 Å². The Morgan fingerprint density at radius 3 is 2.29 bits per heavy atom. The number of hydrogen-bond donors (Lipinski definition) is 2. The minimum absolute atomic E-state index is 0.131. The average Bonchev–Trinajstić information content (AvgIpc) is 2.21. The smallest absolute Gasteiger partial charge is 0.324 e. The van der Waals surface area contributed by atoms with Crippen LogP contribution in [0.5, 0.6) is 0 Å². The van der Waals surface area contributed by atoms with Crippen LogP contribution in [0.2, 0.25) is 0 Å². The van der Waals surface area contributed by atoms with Crippen molar-refractivity contribution < 1.29 is 14.4 Å². The maximum atomic E-state index is 11.2. The van der Waals surface area contributed by atoms with Crippen molar-refractivity contribution in [3.63, 3.8) is 0 Å². The molecule has 0 saturated carbocycles. The van der Waals surface area contributed by atoms with Crippen LogP contribution >= 0.6 is 7.60 Å². The third-order valence-corrected chi connectivity index (χ3v) is 3.96. The molecule has 6 heteroatoms. The van der Waals surface area contributed by atoms with Gasteiger partial charge in [-0.1, -0.05) is 26.0 Å². The van der Waals surface area contributed by atoms with Gasteiger partial charge < -0.3 is 9.79 Å². The molecular formula is C15H25N2O3P. The minimum atomic E-state index is -4.01. The lowest BCUT2D eigenvalue weighted by molar-refractivity contribution is 0.329. The van der Waals surface area contributed by atoms with Crippen molar-refractivity contribution >= 4 is 13.3 Å². The molecule has 0 saturated heterocycles. The van der Waals surface area contributed by atoms with Crippen LogP contribution in [0.1, 0.15) is 40.2 Å². The lowest BCUT2D eigenvalue weighted by Gasteiger charge is -2.25. The van der Waals surface area contributed by atoms with Gasteiger partial charge in [-0.15, -0.1) is 0 Å². The van der Waals surface area contributed by atoms with E-state index >= 15 is 0 Å². The van der Waals surface area contributed by atoms with Crippen LogP contribution in [-0.2, 0) is 11.0 Å². The molecule has 0 aromatic heterocycles. The number of azo groups is 1. The Balaban J connectivity index is 2.86. The zero-order valence-electron chi connectivity index (χ0n) is 13.4. The molecule has 2 N–H and O–H groups in total. The van der Waals surface area contributed by atoms with Crippen molar-refractivity contribution in [3.8, 4) is 0 Å². The normalized spacial score (nSPS) is 13.9. The van der Waals surface area contributed by atoms with E-state index in [1.54, 1.807) is 0 Å². The standard InChI is InChI=1S/C15H25N2O3P/c1-14(2,3)17-16-13-8-6-7-12(9-13)10-15(4,5)11-21(18,19)20/h6-9H,10-11H2,1-5H3,(H2,18,19,20)/b17-16-. The molecule has 1 rings (SSSR count). The predicted molar refractivity (Wildman–Crippen MR) is 85.1 cm³/mol. The van der Waals surface area contributed by atoms with Gasteiger partial charge in [0.05, 0.1) is 17.4 Å². The molecule has 0 radical (unpaired) electrons. The highest BCUT2D eigenvalue weighted by molar-refractivity contribution is 7.51. The maximum Gasteiger partial charge on any atom is 0.326 e. The summed E-state index contributed by atoms with van der Waals surface area (Å²) in [5, 5.41) is 8.44. The van der Waals surface area contributed by atoms with Crippen LogP contribution in [0.3, 0.4) is 0 Å². The van der Waals surface area contributed by atoms with Gasteiger partial charge >= 0.3 is 7.60 Å². The van der Waals surface area contributed by atoms with E-state index in [0.717, 1.165) is 11.3 Å². The Bertz CT molecular complexity index is 556. The fourth-order valence-corrected chi connectivity index (χ4v) is 3.33. The van der Waals surface area contributed by atoms with Gasteiger partial charge in [-0.2, -0.15) is 10.2 Å². The molecule has 0 atom stereocenters. The number of benzene rings is 1. The third-order valence-electron chi connectivity index (χ3n) is 2.69. The SMILES string of the molecule is CC(C)(Cc1cccc(/N=N\C(C)(C)C)c1)CP(=O)(O)O. The molecule has 0 unspecified atom stereocenters. The Morgan fingerprint density at radius 2 is 1.76 bits per heavy atom. The average molecular weight is 312 g/mol. The largest absolute Gasteiger partial charge is 0.326 e. The Morgan fingerprint density at radius 1 is 1.14 bits per heavy atom. The van der Waals surface area contributed by atoms with E-state index < -0.39 is 13.0 Å². The summed E-state index contributed by atoms with van der Waals surface area (Å²) in [7, 11) is -4.01. The molecule has 21 heavy (non-hydrogen) atoms. The molecule has 118 valence electrons. The fourth-order valence-electron chi connectivity index (χ4n) is 2.10. The lowest BCUT2D eigenvalue weighted by Crippen LogP contribution is -2.20. The van der Waals surface area contributed by atoms with Crippen LogP contribution in [0.25, 0.3) is 0 Å². The van der Waals surface area contributed by atoms with Gasteiger partial charge in [-0.25, -0.2) is 0 Å². The Kier molecular flexibility index (Phi) is 5.48. The number of rotatable bonds is 5. The summed E-state index contributed by atoms with van der Waals surface area (Å²) in [6, 6.07) is 7.61. The van der Waals surface area contributed by atoms with Crippen molar-refractivity contribution in [3.05, 3.63) is 29.8 Å². The number of nitrogens with zero attached hydrogens (tertiary/aromatic N) is 2. The molecule has 1 aromatic carbocycles. The molecule has 0 bridgehead atoms. The first-order valence-corrected chi connectivity index (χ1v) is 8.73. The van der Waals surface area contributed by atoms with Crippen LogP contribution in [0.15, 0.2) is 34.5 Å². The first kappa shape index (κ1) is 18.0. The van der Waals surface area contributed by atoms with Gasteiger partial charge in [0.1, 0.15) is 0 Å². The molecule has 0 aliphatic carbocycles. The van der Waals surface area contributed by atoms with Gasteiger partial charge in [0.15, 0.2) is 0 Å². The highest BCUT2D eigenvalue weighted by Crippen LogP contribution is 2.43. The molecule has 0 heterocycles. The zero-order chi connectivity index (χ0) is 16.3. The summed E-state index contributed by atoms with van der Waals surface area (Å²) in [6.45, 7) is 9.64. The first-order chi connectivity index (χ1) is 9.36. The minimum Gasteiger partial charge on any atom is -0.324 e. The summed E-state index contributed by atoms with van der Waals surface area (Å²) in [5.74, 6) is 0. The Hall–Kier alpha value is -1.03. The number of hydrogen-bond acceptors (Lipinski definition) is 3. The van der Waals surface area contributed by atoms with Crippen LogP contribution in [0.4, 0.5) is 5.69 Å². The molecular weight excluding hydrogens is 287 g/mol. The van der Waals surface area contributed by atoms with Crippen molar-refractivity contribution in [2.75, 3.05) is 6.16 Å². The topological polar surface area (TPSA) is 82.2 Å². The highest BCUT2D eigenvalue weighted by Gasteiger charge is 2.28. The van der Waals surface area contributed by atoms with Crippen molar-refractivity contribution in [1.29, 1.82) is 0 Å². The van der Waals surface area contributed by atoms with Crippen LogP contribution < -0.4 is 0 Å². The Labute approximate surface area is 126 Å². The quantitative estimate of drug-likeness (QED) is 0.627. The first-order valence-electron chi connectivity index (χ1n) is 6.93. The van der Waals surface area contributed by atoms with E-state index in [2.05, 4.69) is 10.2 Å². The zero-order valence-corrected chi connectivity index (χ0v) is 14.3. The molecule has 0 spiro atoms. The van der Waals surface area contributed by atoms with Crippen LogP contribution in [-0.4, -0.2) is 21.5 Å². The molecule has 5 nitrogen and oxygen atoms in total. The monoisotopic (exact) mass is 312 g/mol. The molecule has 1 aromatic rings. The van der Waals surface area contributed by atoms with E-state index in [1.807, 2.05) is 58.9 Å². The molecule has 0 fully saturated rings. The second-order valence-electron chi connectivity index (χ2n) is 7.20. The molecule has 0 aliphatic heterocycles. The van der Waals surface area contributed by atoms with Crippen LogP contribution in [0, 0.1) is 5.41 Å². The van der Waals surface area contributed by atoms with E-state index in [4.69, 9.17) is 9.79 Å². The second kappa shape index (κ2) is 6.39. The molecule has 0 aliphatic rings. The van der Waals surface area contributed by atoms with E-state index in [0.29, 0.717) is 6.42 Å². The molecule has 0 amide bonds. The lowest BCUT2D eigenvalue weighted by atomic mass is 9.88. The van der Waals surface area contributed by atoms with E-state index in [-0.39, 0.29) is 11.7 Å². The third kappa shape index (κ3) is 8.10. The van der Waals surface area contributed by atoms with Gasteiger partial charge in [0, 0.05) is 0 Å². The predicted octanol–water partition coefficient (Wildman–Crippen LogP) is 4.32. The fraction of sp³-hybridized carbons (Fsp3) is 0.600. The van der Waals surface area contributed by atoms with Gasteiger partial charge in [-0.3, -0.25) is 4.57 Å². The van der Waals surface area contributed by atoms with E-state index in [9.17, 15) is 4.57 Å². The van der Waals surface area contributed by atoms with Crippen molar-refractivity contribution in [2.24, 2.45) is 15.6 Å². The second-order valence-corrected chi connectivity index (χ2v) is 8.85. The summed E-state index contributed by atoms with van der Waals surface area (Å²) in [4.78, 5) is 18.3. The van der Waals surface area contributed by atoms with Crippen molar-refractivity contribution in [2.45, 2.75) is 46.6 Å². The highest BCUT2D eigenvalue weighted by atomic mass is 31.2. The summed E-state index contributed by atoms with van der Waals surface area (Å²) in [5.41, 5.74) is 1.06. The van der Waals surface area contributed by atoms with Gasteiger partial charge in [0.25, 0.3) is 0 Å². The summed E-state index contributed by atoms with van der Waals surface area (Å²) in [6.07, 6.45) is 0.449. The maximum absolute atomic E-state index is 11.2.